The van der Waals surface area contributed by atoms with Crippen molar-refractivity contribution < 1.29 is 14.8 Å². The highest BCUT2D eigenvalue weighted by atomic mass is 16.6. The summed E-state index contributed by atoms with van der Waals surface area (Å²) in [7, 11) is 0. The molecule has 0 unspecified atom stereocenters. The molecule has 0 aliphatic carbocycles. The lowest BCUT2D eigenvalue weighted by Crippen LogP contribution is -2.35. The Bertz CT molecular complexity index is 831. The van der Waals surface area contributed by atoms with Gasteiger partial charge in [0.15, 0.2) is 11.5 Å². The molecule has 0 bridgehead atoms. The monoisotopic (exact) mass is 338 g/mol. The number of phenols is 1. The highest BCUT2D eigenvalue weighted by molar-refractivity contribution is 6.00. The molecule has 1 aliphatic rings. The minimum absolute atomic E-state index is 0.0556. The van der Waals surface area contributed by atoms with Gasteiger partial charge in [0.1, 0.15) is 0 Å². The molecule has 0 radical (unpaired) electrons. The molecule has 1 aliphatic heterocycles. The number of carbonyl (C=O) groups is 1. The van der Waals surface area contributed by atoms with Crippen molar-refractivity contribution >= 4 is 17.5 Å². The Kier molecular flexibility index (Phi) is 4.90. The van der Waals surface area contributed by atoms with Crippen LogP contribution in [0.4, 0.5) is 5.69 Å². The summed E-state index contributed by atoms with van der Waals surface area (Å²) in [5.74, 6) is -0.326. The Morgan fingerprint density at radius 1 is 1.20 bits per heavy atom. The smallest absolute Gasteiger partial charge is 0.311 e. The van der Waals surface area contributed by atoms with Gasteiger partial charge in [0.25, 0.3) is 0 Å². The van der Waals surface area contributed by atoms with E-state index < -0.39 is 4.92 Å². The lowest BCUT2D eigenvalue weighted by Gasteiger charge is -2.27. The van der Waals surface area contributed by atoms with E-state index in [1.54, 1.807) is 12.1 Å². The van der Waals surface area contributed by atoms with Gasteiger partial charge >= 0.3 is 5.69 Å². The predicted molar refractivity (Wildman–Crippen MR) is 94.1 cm³/mol. The molecule has 128 valence electrons. The number of nitro benzene ring substituents is 1. The van der Waals surface area contributed by atoms with Gasteiger partial charge in [-0.25, -0.2) is 0 Å². The number of hydrogen-bond acceptors (Lipinski definition) is 5. The van der Waals surface area contributed by atoms with Crippen molar-refractivity contribution in [1.82, 2.24) is 4.90 Å². The van der Waals surface area contributed by atoms with E-state index in [-0.39, 0.29) is 17.2 Å². The molecule has 1 fully saturated rings. The zero-order valence-corrected chi connectivity index (χ0v) is 13.6. The van der Waals surface area contributed by atoms with E-state index >= 15 is 0 Å². The van der Waals surface area contributed by atoms with E-state index in [1.807, 2.05) is 30.3 Å². The molecule has 1 N–H and O–H groups in total. The Hall–Kier alpha value is -2.99. The van der Waals surface area contributed by atoms with Crippen molar-refractivity contribution in [1.29, 1.82) is 0 Å². The van der Waals surface area contributed by atoms with Crippen LogP contribution in [0.5, 0.6) is 5.75 Å². The van der Waals surface area contributed by atoms with Gasteiger partial charge in [-0.15, -0.1) is 0 Å². The summed E-state index contributed by atoms with van der Waals surface area (Å²) in [5.41, 5.74) is 1.98. The van der Waals surface area contributed by atoms with Crippen LogP contribution in [0.2, 0.25) is 0 Å². The number of piperidine rings is 1. The number of likely N-dealkylation sites (tertiary alicyclic amines) is 1. The van der Waals surface area contributed by atoms with Crippen LogP contribution in [0, 0.1) is 10.1 Å². The van der Waals surface area contributed by atoms with Gasteiger partial charge in [-0.1, -0.05) is 36.4 Å². The van der Waals surface area contributed by atoms with E-state index in [1.165, 1.54) is 17.7 Å². The van der Waals surface area contributed by atoms with E-state index in [0.717, 1.165) is 6.54 Å². The number of Topliss-reactive ketones (excluding diaryl/α,β-unsaturated/α-hetero) is 1. The second-order valence-corrected chi connectivity index (χ2v) is 6.04. The quantitative estimate of drug-likeness (QED) is 0.526. The number of ketones is 1. The standard InChI is InChI=1S/C19H18N2O4/c22-18-8-9-20(12-14-4-2-1-3-5-14)13-16(18)10-15-6-7-19(23)17(11-15)21(24)25/h1-7,10-11,23H,8-9,12-13H2/b16-10+. The third-order valence-electron chi connectivity index (χ3n) is 4.19. The molecule has 0 aromatic heterocycles. The molecule has 6 nitrogen and oxygen atoms in total. The maximum Gasteiger partial charge on any atom is 0.311 e. The fourth-order valence-electron chi connectivity index (χ4n) is 2.91. The summed E-state index contributed by atoms with van der Waals surface area (Å²) in [4.78, 5) is 24.7. The maximum absolute atomic E-state index is 12.2. The minimum atomic E-state index is -0.637. The number of nitrogens with zero attached hydrogens (tertiary/aromatic N) is 2. The van der Waals surface area contributed by atoms with E-state index in [4.69, 9.17) is 0 Å². The molecule has 3 rings (SSSR count). The molecule has 0 spiro atoms. The van der Waals surface area contributed by atoms with Crippen LogP contribution < -0.4 is 0 Å². The predicted octanol–water partition coefficient (Wildman–Crippen LogP) is 3.16. The van der Waals surface area contributed by atoms with Crippen molar-refractivity contribution in [2.45, 2.75) is 13.0 Å². The van der Waals surface area contributed by atoms with Gasteiger partial charge in [0.05, 0.1) is 4.92 Å². The highest BCUT2D eigenvalue weighted by Gasteiger charge is 2.22. The van der Waals surface area contributed by atoms with Gasteiger partial charge < -0.3 is 5.11 Å². The first-order chi connectivity index (χ1) is 12.0. The van der Waals surface area contributed by atoms with Gasteiger partial charge in [0, 0.05) is 37.7 Å². The van der Waals surface area contributed by atoms with E-state index in [2.05, 4.69) is 4.90 Å². The molecule has 6 heteroatoms. The van der Waals surface area contributed by atoms with Crippen LogP contribution in [0.3, 0.4) is 0 Å². The van der Waals surface area contributed by atoms with E-state index in [9.17, 15) is 20.0 Å². The average molecular weight is 338 g/mol. The number of carbonyl (C=O) groups excluding carboxylic acids is 1. The number of rotatable bonds is 4. The SMILES string of the molecule is O=C1CCN(Cc2ccccc2)C/C1=C\c1ccc(O)c([N+](=O)[O-])c1. The Labute approximate surface area is 145 Å². The fraction of sp³-hybridized carbons (Fsp3) is 0.211. The molecule has 2 aromatic carbocycles. The van der Waals surface area contributed by atoms with Gasteiger partial charge in [-0.3, -0.25) is 19.8 Å². The summed E-state index contributed by atoms with van der Waals surface area (Å²) in [5, 5.41) is 20.5. The first-order valence-corrected chi connectivity index (χ1v) is 8.00. The van der Waals surface area contributed by atoms with Crippen molar-refractivity contribution in [2.24, 2.45) is 0 Å². The summed E-state index contributed by atoms with van der Waals surface area (Å²) in [6, 6.07) is 14.1. The van der Waals surface area contributed by atoms with E-state index in [0.29, 0.717) is 30.6 Å². The molecular weight excluding hydrogens is 320 g/mol. The average Bonchev–Trinajstić information content (AvgIpc) is 2.60. The first-order valence-electron chi connectivity index (χ1n) is 8.00. The summed E-state index contributed by atoms with van der Waals surface area (Å²) in [6.07, 6.45) is 2.10. The summed E-state index contributed by atoms with van der Waals surface area (Å²) < 4.78 is 0. The van der Waals surface area contributed by atoms with Crippen molar-refractivity contribution in [3.8, 4) is 5.75 Å². The number of aromatic hydroxyl groups is 1. The number of benzene rings is 2. The lowest BCUT2D eigenvalue weighted by atomic mass is 9.99. The first kappa shape index (κ1) is 16.9. The Morgan fingerprint density at radius 3 is 2.68 bits per heavy atom. The molecule has 1 heterocycles. The van der Waals surface area contributed by atoms with Gasteiger partial charge in [-0.05, 0) is 23.3 Å². The highest BCUT2D eigenvalue weighted by Crippen LogP contribution is 2.28. The summed E-state index contributed by atoms with van der Waals surface area (Å²) >= 11 is 0. The third-order valence-corrected chi connectivity index (χ3v) is 4.19. The van der Waals surface area contributed by atoms with Crippen LogP contribution >= 0.6 is 0 Å². The third kappa shape index (κ3) is 4.10. The van der Waals surface area contributed by atoms with Crippen LogP contribution in [-0.2, 0) is 11.3 Å². The van der Waals surface area contributed by atoms with Crippen molar-refractivity contribution in [2.75, 3.05) is 13.1 Å². The molecule has 2 aromatic rings. The van der Waals surface area contributed by atoms with Crippen molar-refractivity contribution in [3.05, 3.63) is 75.3 Å². The molecule has 0 atom stereocenters. The molecule has 1 saturated heterocycles. The van der Waals surface area contributed by atoms with Gasteiger partial charge in [0.2, 0.25) is 0 Å². The van der Waals surface area contributed by atoms with Crippen LogP contribution in [0.15, 0.2) is 54.1 Å². The molecule has 0 amide bonds. The van der Waals surface area contributed by atoms with Crippen LogP contribution in [0.25, 0.3) is 6.08 Å². The number of phenolic OH excluding ortho intramolecular Hbond substituents is 1. The summed E-state index contributed by atoms with van der Waals surface area (Å²) in [6.45, 7) is 1.95. The second-order valence-electron chi connectivity index (χ2n) is 6.04. The Morgan fingerprint density at radius 2 is 1.96 bits per heavy atom. The lowest BCUT2D eigenvalue weighted by molar-refractivity contribution is -0.385. The Balaban J connectivity index is 1.80. The topological polar surface area (TPSA) is 83.7 Å². The zero-order chi connectivity index (χ0) is 17.8. The molecular formula is C19H18N2O4. The molecule has 0 saturated carbocycles. The normalized spacial score (nSPS) is 17.0. The maximum atomic E-state index is 12.2. The fourth-order valence-corrected chi connectivity index (χ4v) is 2.91. The van der Waals surface area contributed by atoms with Crippen LogP contribution in [0.1, 0.15) is 17.5 Å². The van der Waals surface area contributed by atoms with Crippen LogP contribution in [-0.4, -0.2) is 33.8 Å². The largest absolute Gasteiger partial charge is 0.502 e. The molecule has 25 heavy (non-hydrogen) atoms. The number of nitro groups is 1. The number of hydrogen-bond donors (Lipinski definition) is 1. The zero-order valence-electron chi connectivity index (χ0n) is 13.6. The second kappa shape index (κ2) is 7.27. The van der Waals surface area contributed by atoms with Gasteiger partial charge in [-0.2, -0.15) is 0 Å². The minimum Gasteiger partial charge on any atom is -0.502 e. The van der Waals surface area contributed by atoms with Crippen molar-refractivity contribution in [3.63, 3.8) is 0 Å².